The second kappa shape index (κ2) is 6.96. The summed E-state index contributed by atoms with van der Waals surface area (Å²) in [6.07, 6.45) is 0.854. The van der Waals surface area contributed by atoms with E-state index in [0.29, 0.717) is 5.69 Å². The molecule has 0 saturated heterocycles. The van der Waals surface area contributed by atoms with Gasteiger partial charge < -0.3 is 10.6 Å². The van der Waals surface area contributed by atoms with Crippen molar-refractivity contribution < 1.29 is 9.18 Å². The largest absolute Gasteiger partial charge is 0.374 e. The molecular weight excluding hydrogens is 290 g/mol. The molecule has 0 bridgehead atoms. The number of nitrogens with one attached hydrogen (secondary N) is 2. The maximum Gasteiger partial charge on any atom is 0.242 e. The molecule has 0 aliphatic rings. The summed E-state index contributed by atoms with van der Waals surface area (Å²) >= 11 is 11.4. The van der Waals surface area contributed by atoms with Crippen molar-refractivity contribution in [1.82, 2.24) is 5.32 Å². The molecule has 6 heteroatoms. The normalized spacial score (nSPS) is 13.8. The molecule has 0 aliphatic carbocycles. The van der Waals surface area contributed by atoms with Crippen LogP contribution in [0.3, 0.4) is 0 Å². The average Bonchev–Trinajstić information content (AvgIpc) is 2.35. The zero-order chi connectivity index (χ0) is 14.6. The predicted octanol–water partition coefficient (Wildman–Crippen LogP) is 3.85. The molecule has 106 valence electrons. The summed E-state index contributed by atoms with van der Waals surface area (Å²) < 4.78 is 13.3. The summed E-state index contributed by atoms with van der Waals surface area (Å²) in [4.78, 5) is 11.8. The minimum atomic E-state index is -0.661. The molecule has 0 aliphatic heterocycles. The van der Waals surface area contributed by atoms with E-state index in [-0.39, 0.29) is 22.0 Å². The van der Waals surface area contributed by atoms with Crippen molar-refractivity contribution in [3.8, 4) is 0 Å². The van der Waals surface area contributed by atoms with Crippen LogP contribution in [0, 0.1) is 5.82 Å². The summed E-state index contributed by atoms with van der Waals surface area (Å²) in [5.41, 5.74) is 0.503. The fourth-order valence-electron chi connectivity index (χ4n) is 1.42. The molecule has 3 nitrogen and oxygen atoms in total. The monoisotopic (exact) mass is 306 g/mol. The Hall–Kier alpha value is -1.00. The summed E-state index contributed by atoms with van der Waals surface area (Å²) in [5, 5.41) is 5.62. The van der Waals surface area contributed by atoms with Crippen molar-refractivity contribution in [2.24, 2.45) is 0 Å². The van der Waals surface area contributed by atoms with Gasteiger partial charge in [0.2, 0.25) is 5.91 Å². The number of rotatable bonds is 5. The molecule has 0 radical (unpaired) electrons. The second-order valence-corrected chi connectivity index (χ2v) is 5.25. The third-order valence-corrected chi connectivity index (χ3v) is 3.31. The maximum absolute atomic E-state index is 13.3. The number of carbonyl (C=O) groups is 1. The van der Waals surface area contributed by atoms with Gasteiger partial charge in [0, 0.05) is 11.7 Å². The Kier molecular flexibility index (Phi) is 5.88. The number of hydrogen-bond acceptors (Lipinski definition) is 2. The molecule has 1 aromatic rings. The quantitative estimate of drug-likeness (QED) is 0.811. The molecule has 0 aromatic heterocycles. The predicted molar refractivity (Wildman–Crippen MR) is 77.4 cm³/mol. The van der Waals surface area contributed by atoms with Crippen molar-refractivity contribution in [3.63, 3.8) is 0 Å². The summed E-state index contributed by atoms with van der Waals surface area (Å²) in [6, 6.07) is 2.44. The van der Waals surface area contributed by atoms with Gasteiger partial charge in [-0.05, 0) is 32.4 Å². The SMILES string of the molecule is CCC(C)NC(=O)C(C)Nc1cc(Cl)c(F)c(Cl)c1. The van der Waals surface area contributed by atoms with Crippen molar-refractivity contribution in [2.45, 2.75) is 39.3 Å². The summed E-state index contributed by atoms with van der Waals surface area (Å²) in [5.74, 6) is -0.795. The van der Waals surface area contributed by atoms with Crippen LogP contribution in [0.1, 0.15) is 27.2 Å². The van der Waals surface area contributed by atoms with Gasteiger partial charge in [-0.25, -0.2) is 4.39 Å². The van der Waals surface area contributed by atoms with Gasteiger partial charge in [0.25, 0.3) is 0 Å². The van der Waals surface area contributed by atoms with Gasteiger partial charge >= 0.3 is 0 Å². The number of carbonyl (C=O) groups excluding carboxylic acids is 1. The van der Waals surface area contributed by atoms with Crippen LogP contribution in [0.4, 0.5) is 10.1 Å². The second-order valence-electron chi connectivity index (χ2n) is 4.44. The van der Waals surface area contributed by atoms with E-state index in [2.05, 4.69) is 10.6 Å². The Morgan fingerprint density at radius 2 is 1.84 bits per heavy atom. The van der Waals surface area contributed by atoms with E-state index in [1.54, 1.807) is 6.92 Å². The first-order valence-corrected chi connectivity index (χ1v) is 6.82. The van der Waals surface area contributed by atoms with E-state index in [9.17, 15) is 9.18 Å². The highest BCUT2D eigenvalue weighted by molar-refractivity contribution is 6.35. The molecule has 2 atom stereocenters. The van der Waals surface area contributed by atoms with Crippen molar-refractivity contribution in [2.75, 3.05) is 5.32 Å². The van der Waals surface area contributed by atoms with Crippen LogP contribution < -0.4 is 10.6 Å². The van der Waals surface area contributed by atoms with E-state index in [1.807, 2.05) is 13.8 Å². The maximum atomic E-state index is 13.3. The number of anilines is 1. The van der Waals surface area contributed by atoms with Gasteiger partial charge in [-0.15, -0.1) is 0 Å². The van der Waals surface area contributed by atoms with E-state index in [0.717, 1.165) is 6.42 Å². The van der Waals surface area contributed by atoms with Crippen LogP contribution in [0.25, 0.3) is 0 Å². The zero-order valence-corrected chi connectivity index (χ0v) is 12.6. The Bertz CT molecular complexity index is 445. The lowest BCUT2D eigenvalue weighted by atomic mass is 10.2. The Balaban J connectivity index is 2.71. The number of hydrogen-bond donors (Lipinski definition) is 2. The highest BCUT2D eigenvalue weighted by Gasteiger charge is 2.15. The highest BCUT2D eigenvalue weighted by Crippen LogP contribution is 2.27. The Morgan fingerprint density at radius 1 is 1.32 bits per heavy atom. The molecule has 0 saturated carbocycles. The fraction of sp³-hybridized carbons (Fsp3) is 0.462. The number of halogens is 3. The van der Waals surface area contributed by atoms with Gasteiger partial charge in [-0.3, -0.25) is 4.79 Å². The van der Waals surface area contributed by atoms with Crippen LogP contribution >= 0.6 is 23.2 Å². The lowest BCUT2D eigenvalue weighted by Crippen LogP contribution is -2.41. The molecule has 0 heterocycles. The molecule has 2 unspecified atom stereocenters. The smallest absolute Gasteiger partial charge is 0.242 e. The van der Waals surface area contributed by atoms with Gasteiger partial charge in [0.05, 0.1) is 10.0 Å². The lowest BCUT2D eigenvalue weighted by Gasteiger charge is -2.18. The number of benzene rings is 1. The Morgan fingerprint density at radius 3 is 2.32 bits per heavy atom. The molecule has 1 rings (SSSR count). The minimum Gasteiger partial charge on any atom is -0.374 e. The van der Waals surface area contributed by atoms with Crippen LogP contribution in [-0.4, -0.2) is 18.0 Å². The van der Waals surface area contributed by atoms with E-state index in [1.165, 1.54) is 12.1 Å². The topological polar surface area (TPSA) is 41.1 Å². The van der Waals surface area contributed by atoms with E-state index in [4.69, 9.17) is 23.2 Å². The van der Waals surface area contributed by atoms with Crippen molar-refractivity contribution in [1.29, 1.82) is 0 Å². The molecule has 0 spiro atoms. The standard InChI is InChI=1S/C13H17Cl2FN2O/c1-4-7(2)17-13(19)8(3)18-9-5-10(14)12(16)11(15)6-9/h5-8,18H,4H2,1-3H3,(H,17,19). The van der Waals surface area contributed by atoms with Crippen LogP contribution in [0.2, 0.25) is 10.0 Å². The molecule has 1 aromatic carbocycles. The third-order valence-electron chi connectivity index (χ3n) is 2.76. The molecular formula is C13H17Cl2FN2O. The molecule has 2 N–H and O–H groups in total. The van der Waals surface area contributed by atoms with Gasteiger partial charge in [-0.1, -0.05) is 30.1 Å². The van der Waals surface area contributed by atoms with E-state index >= 15 is 0 Å². The van der Waals surface area contributed by atoms with Crippen LogP contribution in [0.5, 0.6) is 0 Å². The summed E-state index contributed by atoms with van der Waals surface area (Å²) in [7, 11) is 0. The zero-order valence-electron chi connectivity index (χ0n) is 11.1. The van der Waals surface area contributed by atoms with Crippen molar-refractivity contribution >= 4 is 34.8 Å². The highest BCUT2D eigenvalue weighted by atomic mass is 35.5. The molecule has 19 heavy (non-hydrogen) atoms. The lowest BCUT2D eigenvalue weighted by molar-refractivity contribution is -0.122. The van der Waals surface area contributed by atoms with Crippen LogP contribution in [-0.2, 0) is 4.79 Å². The number of amides is 1. The molecule has 1 amide bonds. The molecule has 0 fully saturated rings. The first-order chi connectivity index (χ1) is 8.85. The van der Waals surface area contributed by atoms with Gasteiger partial charge in [0.15, 0.2) is 5.82 Å². The van der Waals surface area contributed by atoms with Crippen LogP contribution in [0.15, 0.2) is 12.1 Å². The van der Waals surface area contributed by atoms with Crippen molar-refractivity contribution in [3.05, 3.63) is 28.0 Å². The Labute approximate surface area is 122 Å². The summed E-state index contributed by atoms with van der Waals surface area (Å²) in [6.45, 7) is 5.63. The third kappa shape index (κ3) is 4.55. The first-order valence-electron chi connectivity index (χ1n) is 6.06. The first kappa shape index (κ1) is 16.1. The average molecular weight is 307 g/mol. The van der Waals surface area contributed by atoms with E-state index < -0.39 is 11.9 Å². The van der Waals surface area contributed by atoms with Gasteiger partial charge in [-0.2, -0.15) is 0 Å². The van der Waals surface area contributed by atoms with Gasteiger partial charge in [0.1, 0.15) is 6.04 Å². The minimum absolute atomic E-state index is 0.0791. The fourth-order valence-corrected chi connectivity index (χ4v) is 1.91.